The van der Waals surface area contributed by atoms with E-state index in [1.165, 1.54) is 29.8 Å². The molecular weight excluding hydrogens is 457 g/mol. The average molecular weight is 479 g/mol. The van der Waals surface area contributed by atoms with Crippen LogP contribution in [0.25, 0.3) is 0 Å². The molecule has 1 amide bonds. The number of piperidine rings is 1. The first-order chi connectivity index (χ1) is 15.8. The van der Waals surface area contributed by atoms with Crippen molar-refractivity contribution in [1.29, 1.82) is 0 Å². The normalized spacial score (nSPS) is 14.8. The van der Waals surface area contributed by atoms with Crippen LogP contribution in [-0.4, -0.2) is 45.2 Å². The number of aliphatic hydroxyl groups excluding tert-OH is 1. The Morgan fingerprint density at radius 1 is 1.15 bits per heavy atom. The summed E-state index contributed by atoms with van der Waals surface area (Å²) in [7, 11) is 0. The van der Waals surface area contributed by atoms with Gasteiger partial charge in [0.15, 0.2) is 5.13 Å². The average Bonchev–Trinajstić information content (AvgIpc) is 3.25. The van der Waals surface area contributed by atoms with E-state index >= 15 is 0 Å². The van der Waals surface area contributed by atoms with Crippen LogP contribution in [0.2, 0.25) is 0 Å². The number of carbonyl (C=O) groups is 1. The van der Waals surface area contributed by atoms with Crippen molar-refractivity contribution in [3.8, 4) is 0 Å². The minimum atomic E-state index is -4.38. The molecule has 0 saturated carbocycles. The number of anilines is 3. The molecule has 1 fully saturated rings. The molecule has 12 heteroatoms. The van der Waals surface area contributed by atoms with Crippen LogP contribution in [0, 0.1) is 0 Å². The number of hydrogen-bond donors (Lipinski definition) is 3. The molecule has 3 heterocycles. The van der Waals surface area contributed by atoms with E-state index in [9.17, 15) is 23.1 Å². The van der Waals surface area contributed by atoms with E-state index in [0.717, 1.165) is 17.0 Å². The smallest absolute Gasteiger partial charge is 0.393 e. The maximum Gasteiger partial charge on any atom is 0.416 e. The van der Waals surface area contributed by atoms with Crippen molar-refractivity contribution in [1.82, 2.24) is 20.3 Å². The van der Waals surface area contributed by atoms with Gasteiger partial charge in [0.25, 0.3) is 5.91 Å². The minimum Gasteiger partial charge on any atom is -0.393 e. The molecule has 0 unspecified atom stereocenters. The first-order valence-electron chi connectivity index (χ1n) is 10.2. The highest BCUT2D eigenvalue weighted by Gasteiger charge is 2.30. The van der Waals surface area contributed by atoms with Gasteiger partial charge in [0.05, 0.1) is 18.2 Å². The summed E-state index contributed by atoms with van der Waals surface area (Å²) in [6, 6.07) is 6.29. The summed E-state index contributed by atoms with van der Waals surface area (Å²) in [5.41, 5.74) is -0.00762. The molecule has 174 valence electrons. The van der Waals surface area contributed by atoms with Crippen LogP contribution in [0.15, 0.2) is 42.9 Å². The van der Waals surface area contributed by atoms with Crippen LogP contribution in [0.1, 0.15) is 33.8 Å². The van der Waals surface area contributed by atoms with Gasteiger partial charge in [0.1, 0.15) is 17.8 Å². The molecular formula is C21H21F3N6O2S. The Balaban J connectivity index is 1.32. The third kappa shape index (κ3) is 5.96. The summed E-state index contributed by atoms with van der Waals surface area (Å²) < 4.78 is 38.0. The van der Waals surface area contributed by atoms with Crippen LogP contribution in [0.4, 0.5) is 29.8 Å². The van der Waals surface area contributed by atoms with E-state index in [2.05, 4.69) is 25.6 Å². The quantitative estimate of drug-likeness (QED) is 0.498. The molecule has 0 aliphatic carbocycles. The number of nitrogens with one attached hydrogen (secondary N) is 2. The third-order valence-electron chi connectivity index (χ3n) is 5.11. The first-order valence-corrected chi connectivity index (χ1v) is 11.0. The fourth-order valence-corrected chi connectivity index (χ4v) is 4.08. The number of aromatic nitrogens is 3. The van der Waals surface area contributed by atoms with Crippen LogP contribution in [-0.2, 0) is 12.7 Å². The number of rotatable bonds is 6. The molecule has 4 rings (SSSR count). The molecule has 3 N–H and O–H groups in total. The fourth-order valence-electron chi connectivity index (χ4n) is 3.31. The predicted octanol–water partition coefficient (Wildman–Crippen LogP) is 3.59. The van der Waals surface area contributed by atoms with Crippen molar-refractivity contribution >= 4 is 33.9 Å². The molecule has 0 bridgehead atoms. The van der Waals surface area contributed by atoms with Gasteiger partial charge in [-0.25, -0.2) is 15.0 Å². The fraction of sp³-hybridized carbons (Fsp3) is 0.333. The Bertz CT molecular complexity index is 1100. The Hall–Kier alpha value is -3.25. The van der Waals surface area contributed by atoms with E-state index in [1.807, 2.05) is 4.90 Å². The van der Waals surface area contributed by atoms with Gasteiger partial charge in [-0.05, 0) is 37.1 Å². The Labute approximate surface area is 191 Å². The maximum absolute atomic E-state index is 12.7. The third-order valence-corrected chi connectivity index (χ3v) is 6.03. The van der Waals surface area contributed by atoms with Crippen LogP contribution >= 0.6 is 11.3 Å². The molecule has 0 radical (unpaired) electrons. The summed E-state index contributed by atoms with van der Waals surface area (Å²) in [5, 5.41) is 15.9. The lowest BCUT2D eigenvalue weighted by atomic mass is 10.1. The Kier molecular flexibility index (Phi) is 6.75. The number of amides is 1. The summed E-state index contributed by atoms with van der Waals surface area (Å²) in [6.07, 6.45) is -0.454. The highest BCUT2D eigenvalue weighted by molar-refractivity contribution is 7.15. The monoisotopic (exact) mass is 478 g/mol. The molecule has 3 aromatic rings. The number of alkyl halides is 3. The highest BCUT2D eigenvalue weighted by Crippen LogP contribution is 2.31. The Morgan fingerprint density at radius 2 is 1.88 bits per heavy atom. The van der Waals surface area contributed by atoms with Gasteiger partial charge in [-0.1, -0.05) is 11.3 Å². The van der Waals surface area contributed by atoms with Gasteiger partial charge >= 0.3 is 6.18 Å². The number of halogens is 3. The minimum absolute atomic E-state index is 0.223. The van der Waals surface area contributed by atoms with Gasteiger partial charge in [-0.15, -0.1) is 0 Å². The van der Waals surface area contributed by atoms with Gasteiger partial charge in [-0.2, -0.15) is 13.2 Å². The molecule has 0 spiro atoms. The summed E-state index contributed by atoms with van der Waals surface area (Å²) in [6.45, 7) is 1.55. The van der Waals surface area contributed by atoms with Gasteiger partial charge in [0, 0.05) is 35.9 Å². The standard InChI is InChI=1S/C21H21F3N6O2S/c22-21(23,24)13-1-3-14(4-2-13)29-20-26-11-16(33-20)10-25-19(32)17-9-18(28-12-27-17)30-7-5-15(31)6-8-30/h1-4,9,11-12,15,31H,5-8,10H2,(H,25,32)(H,26,29). The van der Waals surface area contributed by atoms with E-state index in [0.29, 0.717) is 42.6 Å². The second-order valence-electron chi connectivity index (χ2n) is 7.49. The second kappa shape index (κ2) is 9.71. The van der Waals surface area contributed by atoms with E-state index < -0.39 is 11.7 Å². The number of hydrogen-bond acceptors (Lipinski definition) is 8. The topological polar surface area (TPSA) is 103 Å². The van der Waals surface area contributed by atoms with Crippen molar-refractivity contribution in [2.75, 3.05) is 23.3 Å². The van der Waals surface area contributed by atoms with Crippen LogP contribution < -0.4 is 15.5 Å². The van der Waals surface area contributed by atoms with E-state index in [4.69, 9.17) is 0 Å². The number of nitrogens with zero attached hydrogens (tertiary/aromatic N) is 4. The molecule has 0 atom stereocenters. The van der Waals surface area contributed by atoms with Crippen LogP contribution in [0.3, 0.4) is 0 Å². The van der Waals surface area contributed by atoms with Gasteiger partial charge < -0.3 is 20.6 Å². The molecule has 33 heavy (non-hydrogen) atoms. The summed E-state index contributed by atoms with van der Waals surface area (Å²) >= 11 is 1.28. The van der Waals surface area contributed by atoms with Gasteiger partial charge in [-0.3, -0.25) is 4.79 Å². The van der Waals surface area contributed by atoms with Crippen molar-refractivity contribution in [2.45, 2.75) is 31.7 Å². The lowest BCUT2D eigenvalue weighted by Gasteiger charge is -2.30. The van der Waals surface area contributed by atoms with Gasteiger partial charge in [0.2, 0.25) is 0 Å². The molecule has 1 aliphatic heterocycles. The molecule has 8 nitrogen and oxygen atoms in total. The van der Waals surface area contributed by atoms with E-state index in [1.54, 1.807) is 12.3 Å². The van der Waals surface area contributed by atoms with Crippen molar-refractivity contribution in [3.05, 3.63) is 59.0 Å². The summed E-state index contributed by atoms with van der Waals surface area (Å²) in [5.74, 6) is 0.282. The lowest BCUT2D eigenvalue weighted by Crippen LogP contribution is -2.36. The van der Waals surface area contributed by atoms with Crippen molar-refractivity contribution in [2.24, 2.45) is 0 Å². The zero-order valence-electron chi connectivity index (χ0n) is 17.3. The molecule has 1 saturated heterocycles. The number of carbonyl (C=O) groups excluding carboxylic acids is 1. The van der Waals surface area contributed by atoms with E-state index in [-0.39, 0.29) is 24.2 Å². The SMILES string of the molecule is O=C(NCc1cnc(Nc2ccc(C(F)(F)F)cc2)s1)c1cc(N2CCC(O)CC2)ncn1. The number of aliphatic hydroxyl groups is 1. The molecule has 2 aromatic heterocycles. The number of benzene rings is 1. The van der Waals surface area contributed by atoms with Crippen molar-refractivity contribution in [3.63, 3.8) is 0 Å². The van der Waals surface area contributed by atoms with Crippen molar-refractivity contribution < 1.29 is 23.1 Å². The first kappa shape index (κ1) is 22.9. The molecule has 1 aromatic carbocycles. The highest BCUT2D eigenvalue weighted by atomic mass is 32.1. The maximum atomic E-state index is 12.7. The van der Waals surface area contributed by atoms with Crippen LogP contribution in [0.5, 0.6) is 0 Å². The summed E-state index contributed by atoms with van der Waals surface area (Å²) in [4.78, 5) is 27.8. The number of thiazole rings is 1. The zero-order valence-corrected chi connectivity index (χ0v) is 18.2. The second-order valence-corrected chi connectivity index (χ2v) is 8.61. The zero-order chi connectivity index (χ0) is 23.4. The Morgan fingerprint density at radius 3 is 2.58 bits per heavy atom. The lowest BCUT2D eigenvalue weighted by molar-refractivity contribution is -0.137. The predicted molar refractivity (Wildman–Crippen MR) is 117 cm³/mol. The largest absolute Gasteiger partial charge is 0.416 e. The molecule has 1 aliphatic rings.